The summed E-state index contributed by atoms with van der Waals surface area (Å²) in [5, 5.41) is 0. The maximum Gasteiger partial charge on any atom is 0.254 e. The van der Waals surface area contributed by atoms with Crippen LogP contribution in [0.1, 0.15) is 23.7 Å². The van der Waals surface area contributed by atoms with Gasteiger partial charge in [-0.15, -0.1) is 0 Å². The highest BCUT2D eigenvalue weighted by molar-refractivity contribution is 7.91. The lowest BCUT2D eigenvalue weighted by molar-refractivity contribution is 0.0708. The molecule has 21 heavy (non-hydrogen) atoms. The Labute approximate surface area is 123 Å². The molecule has 3 rings (SSSR count). The molecule has 0 aliphatic carbocycles. The standard InChI is InChI=1S/C14H17N3O3S/c1-2-17(12-4-6-21(19,20)9-12)14(18)11-3-5-16-10-15-8-13(16)7-11/h3,5,7-8,10,12H,2,4,6,9H2,1H3. The van der Waals surface area contributed by atoms with Crippen LogP contribution in [0.5, 0.6) is 0 Å². The third kappa shape index (κ3) is 2.65. The van der Waals surface area contributed by atoms with Crippen molar-refractivity contribution in [3.8, 4) is 0 Å². The number of nitrogens with zero attached hydrogens (tertiary/aromatic N) is 3. The van der Waals surface area contributed by atoms with Gasteiger partial charge in [0.1, 0.15) is 0 Å². The number of hydrogen-bond donors (Lipinski definition) is 0. The van der Waals surface area contributed by atoms with Gasteiger partial charge >= 0.3 is 0 Å². The monoisotopic (exact) mass is 307 g/mol. The van der Waals surface area contributed by atoms with E-state index in [4.69, 9.17) is 0 Å². The predicted octanol–water partition coefficient (Wildman–Crippen LogP) is 0.984. The number of pyridine rings is 1. The summed E-state index contributed by atoms with van der Waals surface area (Å²) in [5.74, 6) is 0.119. The SMILES string of the molecule is CCN(C(=O)c1ccn2cncc2c1)C1CCS(=O)(=O)C1. The van der Waals surface area contributed by atoms with Crippen LogP contribution in [0.2, 0.25) is 0 Å². The third-order valence-electron chi connectivity index (χ3n) is 3.91. The van der Waals surface area contributed by atoms with Gasteiger partial charge in [-0.05, 0) is 25.5 Å². The smallest absolute Gasteiger partial charge is 0.254 e. The van der Waals surface area contributed by atoms with Crippen molar-refractivity contribution >= 4 is 21.3 Å². The number of imidazole rings is 1. The molecule has 1 aliphatic heterocycles. The number of amides is 1. The van der Waals surface area contributed by atoms with Crippen LogP contribution in [0.4, 0.5) is 0 Å². The van der Waals surface area contributed by atoms with Gasteiger partial charge in [0.2, 0.25) is 0 Å². The van der Waals surface area contributed by atoms with Crippen LogP contribution >= 0.6 is 0 Å². The largest absolute Gasteiger partial charge is 0.335 e. The van der Waals surface area contributed by atoms with Crippen LogP contribution in [0, 0.1) is 0 Å². The molecule has 0 bridgehead atoms. The maximum absolute atomic E-state index is 12.6. The number of carbonyl (C=O) groups is 1. The normalized spacial score (nSPS) is 20.7. The second kappa shape index (κ2) is 5.14. The molecule has 2 aromatic rings. The minimum Gasteiger partial charge on any atom is -0.335 e. The van der Waals surface area contributed by atoms with E-state index in [-0.39, 0.29) is 23.5 Å². The molecule has 1 aliphatic rings. The van der Waals surface area contributed by atoms with Crippen molar-refractivity contribution in [2.75, 3.05) is 18.1 Å². The molecule has 0 N–H and O–H groups in total. The number of carbonyl (C=O) groups excluding carboxylic acids is 1. The summed E-state index contributed by atoms with van der Waals surface area (Å²) in [6.07, 6.45) is 5.67. The molecule has 7 heteroatoms. The number of fused-ring (bicyclic) bond motifs is 1. The lowest BCUT2D eigenvalue weighted by atomic mass is 10.1. The first-order valence-corrected chi connectivity index (χ1v) is 8.75. The molecule has 1 saturated heterocycles. The van der Waals surface area contributed by atoms with Gasteiger partial charge in [-0.1, -0.05) is 0 Å². The molecular formula is C14H17N3O3S. The van der Waals surface area contributed by atoms with Gasteiger partial charge in [-0.2, -0.15) is 0 Å². The molecule has 112 valence electrons. The van der Waals surface area contributed by atoms with E-state index in [1.165, 1.54) is 0 Å². The third-order valence-corrected chi connectivity index (χ3v) is 5.66. The first-order chi connectivity index (χ1) is 10.00. The molecular weight excluding hydrogens is 290 g/mol. The van der Waals surface area contributed by atoms with Crippen molar-refractivity contribution in [3.05, 3.63) is 36.4 Å². The molecule has 0 saturated carbocycles. The van der Waals surface area contributed by atoms with Gasteiger partial charge in [0, 0.05) is 24.3 Å². The van der Waals surface area contributed by atoms with Gasteiger partial charge < -0.3 is 9.30 Å². The molecule has 0 aromatic carbocycles. The van der Waals surface area contributed by atoms with E-state index in [1.54, 1.807) is 35.8 Å². The van der Waals surface area contributed by atoms with Crippen molar-refractivity contribution in [3.63, 3.8) is 0 Å². The Morgan fingerprint density at radius 2 is 2.33 bits per heavy atom. The molecule has 1 unspecified atom stereocenters. The molecule has 0 spiro atoms. The topological polar surface area (TPSA) is 71.8 Å². The molecule has 6 nitrogen and oxygen atoms in total. The van der Waals surface area contributed by atoms with E-state index in [1.807, 2.05) is 11.3 Å². The summed E-state index contributed by atoms with van der Waals surface area (Å²) in [6, 6.07) is 3.30. The van der Waals surface area contributed by atoms with Gasteiger partial charge in [-0.3, -0.25) is 4.79 Å². The molecule has 1 amide bonds. The average Bonchev–Trinajstić information content (AvgIpc) is 3.05. The van der Waals surface area contributed by atoms with Gasteiger partial charge in [0.15, 0.2) is 9.84 Å². The van der Waals surface area contributed by atoms with E-state index in [2.05, 4.69) is 4.98 Å². The van der Waals surface area contributed by atoms with E-state index < -0.39 is 9.84 Å². The summed E-state index contributed by atoms with van der Waals surface area (Å²) < 4.78 is 25.0. The van der Waals surface area contributed by atoms with Crippen LogP contribution in [0.15, 0.2) is 30.9 Å². The molecule has 0 radical (unpaired) electrons. The summed E-state index contributed by atoms with van der Waals surface area (Å²) in [5.41, 5.74) is 1.41. The summed E-state index contributed by atoms with van der Waals surface area (Å²) in [6.45, 7) is 2.38. The fraction of sp³-hybridized carbons (Fsp3) is 0.429. The highest BCUT2D eigenvalue weighted by atomic mass is 32.2. The Balaban J connectivity index is 1.88. The number of sulfone groups is 1. The van der Waals surface area contributed by atoms with Crippen molar-refractivity contribution in [2.24, 2.45) is 0 Å². The Kier molecular flexibility index (Phi) is 3.44. The Bertz CT molecular complexity index is 782. The second-order valence-corrected chi connectivity index (χ2v) is 7.52. The zero-order valence-corrected chi connectivity index (χ0v) is 12.6. The fourth-order valence-electron chi connectivity index (χ4n) is 2.81. The summed E-state index contributed by atoms with van der Waals surface area (Å²) >= 11 is 0. The molecule has 2 aromatic heterocycles. The predicted molar refractivity (Wildman–Crippen MR) is 79.0 cm³/mol. The van der Waals surface area contributed by atoms with E-state index in [9.17, 15) is 13.2 Å². The number of rotatable bonds is 3. The van der Waals surface area contributed by atoms with Gasteiger partial charge in [0.05, 0.1) is 29.5 Å². The van der Waals surface area contributed by atoms with Crippen LogP contribution in [0.25, 0.3) is 5.52 Å². The lowest BCUT2D eigenvalue weighted by Gasteiger charge is -2.27. The van der Waals surface area contributed by atoms with E-state index in [0.717, 1.165) is 5.52 Å². The number of aromatic nitrogens is 2. The Hall–Kier alpha value is -1.89. The molecule has 3 heterocycles. The zero-order valence-electron chi connectivity index (χ0n) is 11.8. The van der Waals surface area contributed by atoms with Crippen molar-refractivity contribution < 1.29 is 13.2 Å². The van der Waals surface area contributed by atoms with Gasteiger partial charge in [-0.25, -0.2) is 13.4 Å². The fourth-order valence-corrected chi connectivity index (χ4v) is 4.54. The Morgan fingerprint density at radius 1 is 1.52 bits per heavy atom. The highest BCUT2D eigenvalue weighted by Gasteiger charge is 2.34. The van der Waals surface area contributed by atoms with Crippen molar-refractivity contribution in [1.82, 2.24) is 14.3 Å². The van der Waals surface area contributed by atoms with Crippen molar-refractivity contribution in [1.29, 1.82) is 0 Å². The quantitative estimate of drug-likeness (QED) is 0.847. The first kappa shape index (κ1) is 14.1. The van der Waals surface area contributed by atoms with Crippen LogP contribution in [-0.4, -0.2) is 52.7 Å². The lowest BCUT2D eigenvalue weighted by Crippen LogP contribution is -2.41. The Morgan fingerprint density at radius 3 is 3.00 bits per heavy atom. The second-order valence-electron chi connectivity index (χ2n) is 5.29. The number of hydrogen-bond acceptors (Lipinski definition) is 4. The highest BCUT2D eigenvalue weighted by Crippen LogP contribution is 2.20. The average molecular weight is 307 g/mol. The maximum atomic E-state index is 12.6. The van der Waals surface area contributed by atoms with Crippen LogP contribution < -0.4 is 0 Å². The van der Waals surface area contributed by atoms with Gasteiger partial charge in [0.25, 0.3) is 5.91 Å². The van der Waals surface area contributed by atoms with Crippen LogP contribution in [0.3, 0.4) is 0 Å². The minimum atomic E-state index is -3.00. The minimum absolute atomic E-state index is 0.0709. The van der Waals surface area contributed by atoms with Crippen LogP contribution in [-0.2, 0) is 9.84 Å². The molecule has 1 atom stereocenters. The zero-order chi connectivity index (χ0) is 15.0. The molecule has 1 fully saturated rings. The van der Waals surface area contributed by atoms with E-state index >= 15 is 0 Å². The van der Waals surface area contributed by atoms with E-state index in [0.29, 0.717) is 18.5 Å². The first-order valence-electron chi connectivity index (χ1n) is 6.93. The van der Waals surface area contributed by atoms with Crippen molar-refractivity contribution in [2.45, 2.75) is 19.4 Å². The summed E-state index contributed by atoms with van der Waals surface area (Å²) in [4.78, 5) is 18.3. The summed E-state index contributed by atoms with van der Waals surface area (Å²) in [7, 11) is -3.00.